The zero-order chi connectivity index (χ0) is 14.2. The van der Waals surface area contributed by atoms with Gasteiger partial charge in [-0.05, 0) is 32.6 Å². The summed E-state index contributed by atoms with van der Waals surface area (Å²) in [6, 6.07) is 2.03. The molecule has 1 saturated heterocycles. The molecule has 0 aromatic carbocycles. The summed E-state index contributed by atoms with van der Waals surface area (Å²) in [4.78, 5) is 10.9. The van der Waals surface area contributed by atoms with E-state index in [1.807, 2.05) is 20.1 Å². The highest BCUT2D eigenvalue weighted by atomic mass is 16.5. The Morgan fingerprint density at radius 2 is 2.15 bits per heavy atom. The Labute approximate surface area is 120 Å². The largest absolute Gasteiger partial charge is 0.381 e. The highest BCUT2D eigenvalue weighted by molar-refractivity contribution is 5.44. The van der Waals surface area contributed by atoms with Gasteiger partial charge in [-0.25, -0.2) is 4.98 Å². The topological polar surface area (TPSA) is 64.3 Å². The monoisotopic (exact) mass is 276 g/mol. The molecule has 5 nitrogen and oxygen atoms in total. The van der Waals surface area contributed by atoms with Crippen LogP contribution < -0.4 is 10.6 Å². The number of hydrogen-bond donors (Lipinski definition) is 1. The number of methoxy groups -OCH3 is 1. The number of anilines is 2. The Morgan fingerprint density at radius 1 is 1.35 bits per heavy atom. The fourth-order valence-corrected chi connectivity index (χ4v) is 4.03. The Hall–Kier alpha value is -1.36. The number of aromatic nitrogens is 2. The molecule has 1 saturated carbocycles. The third kappa shape index (κ3) is 2.35. The van der Waals surface area contributed by atoms with Crippen molar-refractivity contribution >= 4 is 11.8 Å². The zero-order valence-electron chi connectivity index (χ0n) is 12.4. The Kier molecular flexibility index (Phi) is 3.54. The normalized spacial score (nSPS) is 30.1. The molecule has 3 rings (SSSR count). The van der Waals surface area contributed by atoms with Gasteiger partial charge in [-0.3, -0.25) is 0 Å². The minimum atomic E-state index is 0.306. The fourth-order valence-electron chi connectivity index (χ4n) is 4.03. The van der Waals surface area contributed by atoms with Gasteiger partial charge in [0.2, 0.25) is 5.95 Å². The number of nitrogen functional groups attached to an aromatic ring is 1. The van der Waals surface area contributed by atoms with Gasteiger partial charge in [0.15, 0.2) is 0 Å². The maximum Gasteiger partial charge on any atom is 0.222 e. The molecule has 1 aromatic rings. The number of aryl methyl sites for hydroxylation is 1. The van der Waals surface area contributed by atoms with Crippen molar-refractivity contribution in [2.45, 2.75) is 45.1 Å². The van der Waals surface area contributed by atoms with E-state index in [0.29, 0.717) is 17.5 Å². The van der Waals surface area contributed by atoms with Crippen molar-refractivity contribution in [3.63, 3.8) is 0 Å². The van der Waals surface area contributed by atoms with E-state index < -0.39 is 0 Å². The molecular formula is C15H24N4O. The molecule has 0 radical (unpaired) electrons. The quantitative estimate of drug-likeness (QED) is 0.896. The fraction of sp³-hybridized carbons (Fsp3) is 0.733. The molecule has 2 fully saturated rings. The van der Waals surface area contributed by atoms with Crippen molar-refractivity contribution in [1.82, 2.24) is 9.97 Å². The third-order valence-electron chi connectivity index (χ3n) is 4.90. The molecule has 2 aliphatic rings. The van der Waals surface area contributed by atoms with Crippen LogP contribution in [0.15, 0.2) is 6.07 Å². The molecule has 1 aliphatic carbocycles. The van der Waals surface area contributed by atoms with Crippen LogP contribution in [0.5, 0.6) is 0 Å². The van der Waals surface area contributed by atoms with E-state index in [9.17, 15) is 0 Å². The van der Waals surface area contributed by atoms with Gasteiger partial charge < -0.3 is 15.4 Å². The van der Waals surface area contributed by atoms with Crippen LogP contribution >= 0.6 is 0 Å². The van der Waals surface area contributed by atoms with Gasteiger partial charge in [-0.15, -0.1) is 0 Å². The molecular weight excluding hydrogens is 252 g/mol. The van der Waals surface area contributed by atoms with Gasteiger partial charge in [-0.1, -0.05) is 6.42 Å². The highest BCUT2D eigenvalue weighted by Crippen LogP contribution is 2.46. The second-order valence-corrected chi connectivity index (χ2v) is 6.23. The minimum Gasteiger partial charge on any atom is -0.381 e. The number of piperidine rings is 1. The second-order valence-electron chi connectivity index (χ2n) is 6.23. The average Bonchev–Trinajstić information content (AvgIpc) is 2.80. The van der Waals surface area contributed by atoms with Crippen LogP contribution in [-0.4, -0.2) is 36.3 Å². The summed E-state index contributed by atoms with van der Waals surface area (Å²) in [6.07, 6.45) is 6.59. The summed E-state index contributed by atoms with van der Waals surface area (Å²) < 4.78 is 5.75. The lowest BCUT2D eigenvalue weighted by Gasteiger charge is -2.44. The lowest BCUT2D eigenvalue weighted by Crippen LogP contribution is -2.48. The van der Waals surface area contributed by atoms with Crippen molar-refractivity contribution in [3.05, 3.63) is 11.8 Å². The Balaban J connectivity index is 1.84. The zero-order valence-corrected chi connectivity index (χ0v) is 12.4. The van der Waals surface area contributed by atoms with E-state index in [0.717, 1.165) is 24.6 Å². The van der Waals surface area contributed by atoms with E-state index >= 15 is 0 Å². The van der Waals surface area contributed by atoms with Crippen molar-refractivity contribution in [2.75, 3.05) is 30.8 Å². The van der Waals surface area contributed by atoms with Gasteiger partial charge in [-0.2, -0.15) is 4.98 Å². The first kappa shape index (κ1) is 13.6. The molecule has 0 unspecified atom stereocenters. The van der Waals surface area contributed by atoms with Gasteiger partial charge in [0.25, 0.3) is 0 Å². The lowest BCUT2D eigenvalue weighted by atomic mass is 9.76. The maximum atomic E-state index is 5.79. The molecule has 2 atom stereocenters. The molecule has 1 aliphatic heterocycles. The molecule has 5 heteroatoms. The van der Waals surface area contributed by atoms with E-state index in [1.54, 1.807) is 0 Å². The summed E-state index contributed by atoms with van der Waals surface area (Å²) in [7, 11) is 1.85. The summed E-state index contributed by atoms with van der Waals surface area (Å²) >= 11 is 0. The Bertz CT molecular complexity index is 473. The van der Waals surface area contributed by atoms with Crippen LogP contribution in [0.2, 0.25) is 0 Å². The highest BCUT2D eigenvalue weighted by Gasteiger charge is 2.46. The molecule has 110 valence electrons. The van der Waals surface area contributed by atoms with Crippen molar-refractivity contribution in [1.29, 1.82) is 0 Å². The van der Waals surface area contributed by atoms with E-state index in [1.165, 1.54) is 32.1 Å². The minimum absolute atomic E-state index is 0.306. The molecule has 20 heavy (non-hydrogen) atoms. The van der Waals surface area contributed by atoms with Gasteiger partial charge in [0.05, 0.1) is 6.10 Å². The molecule has 1 aromatic heterocycles. The van der Waals surface area contributed by atoms with E-state index in [-0.39, 0.29) is 0 Å². The van der Waals surface area contributed by atoms with Crippen LogP contribution in [-0.2, 0) is 4.74 Å². The van der Waals surface area contributed by atoms with Crippen LogP contribution in [0.1, 0.15) is 37.8 Å². The van der Waals surface area contributed by atoms with Crippen LogP contribution in [0, 0.1) is 12.3 Å². The third-order valence-corrected chi connectivity index (χ3v) is 4.90. The summed E-state index contributed by atoms with van der Waals surface area (Å²) in [5.74, 6) is 1.34. The molecule has 0 amide bonds. The molecule has 2 N–H and O–H groups in total. The Morgan fingerprint density at radius 3 is 2.90 bits per heavy atom. The first-order valence-electron chi connectivity index (χ1n) is 7.52. The van der Waals surface area contributed by atoms with Crippen LogP contribution in [0.3, 0.4) is 0 Å². The standard InChI is InChI=1S/C15H24N4O/c1-11-9-13(18-14(16)17-11)19-8-4-7-15(10-19)6-3-5-12(15)20-2/h9,12H,3-8,10H2,1-2H3,(H2,16,17,18)/t12-,15+/m1/s1. The van der Waals surface area contributed by atoms with Crippen molar-refractivity contribution in [2.24, 2.45) is 5.41 Å². The molecule has 1 spiro atoms. The first-order chi connectivity index (χ1) is 9.63. The molecule has 0 bridgehead atoms. The van der Waals surface area contributed by atoms with Crippen LogP contribution in [0.4, 0.5) is 11.8 Å². The summed E-state index contributed by atoms with van der Waals surface area (Å²) in [5.41, 5.74) is 7.03. The number of rotatable bonds is 2. The van der Waals surface area contributed by atoms with Crippen molar-refractivity contribution < 1.29 is 4.74 Å². The summed E-state index contributed by atoms with van der Waals surface area (Å²) in [5, 5.41) is 0. The number of nitrogens with two attached hydrogens (primary N) is 1. The number of nitrogens with zero attached hydrogens (tertiary/aromatic N) is 3. The average molecular weight is 276 g/mol. The van der Waals surface area contributed by atoms with Crippen LogP contribution in [0.25, 0.3) is 0 Å². The lowest BCUT2D eigenvalue weighted by molar-refractivity contribution is 0.00216. The predicted octanol–water partition coefficient (Wildman–Crippen LogP) is 2.15. The second kappa shape index (κ2) is 5.20. The van der Waals surface area contributed by atoms with Gasteiger partial charge in [0, 0.05) is 37.4 Å². The van der Waals surface area contributed by atoms with Crippen molar-refractivity contribution in [3.8, 4) is 0 Å². The van der Waals surface area contributed by atoms with Gasteiger partial charge >= 0.3 is 0 Å². The summed E-state index contributed by atoms with van der Waals surface area (Å²) in [6.45, 7) is 4.05. The van der Waals surface area contributed by atoms with E-state index in [2.05, 4.69) is 14.9 Å². The predicted molar refractivity (Wildman–Crippen MR) is 79.7 cm³/mol. The number of hydrogen-bond acceptors (Lipinski definition) is 5. The first-order valence-corrected chi connectivity index (χ1v) is 7.52. The SMILES string of the molecule is CO[C@@H]1CCC[C@@]12CCCN(c1cc(C)nc(N)n1)C2. The molecule has 2 heterocycles. The number of ether oxygens (including phenoxy) is 1. The van der Waals surface area contributed by atoms with Gasteiger partial charge in [0.1, 0.15) is 5.82 Å². The smallest absolute Gasteiger partial charge is 0.222 e. The maximum absolute atomic E-state index is 5.79. The van der Waals surface area contributed by atoms with E-state index in [4.69, 9.17) is 10.5 Å².